The molecule has 3 N–H and O–H groups in total. The zero-order valence-electron chi connectivity index (χ0n) is 12.9. The van der Waals surface area contributed by atoms with E-state index in [0.717, 1.165) is 19.3 Å². The fraction of sp³-hybridized carbons (Fsp3) is 0.333. The highest BCUT2D eigenvalue weighted by Gasteiger charge is 2.27. The van der Waals surface area contributed by atoms with Gasteiger partial charge in [-0.15, -0.1) is 0 Å². The topological polar surface area (TPSA) is 77.2 Å². The Morgan fingerprint density at radius 3 is 2.83 bits per heavy atom. The Balaban J connectivity index is 1.68. The number of nitrogens with one attached hydrogen (secondary N) is 1. The van der Waals surface area contributed by atoms with Crippen molar-refractivity contribution in [2.75, 3.05) is 6.54 Å². The van der Waals surface area contributed by atoms with E-state index in [9.17, 15) is 4.79 Å². The molecule has 1 aliphatic carbocycles. The van der Waals surface area contributed by atoms with Crippen LogP contribution in [0.15, 0.2) is 48.8 Å². The number of rotatable bonds is 5. The SMILES string of the molecule is NCC1CCCC1NC(=O)c1cccc(Oc2ccncc2)c1. The molecule has 1 amide bonds. The number of pyridine rings is 1. The van der Waals surface area contributed by atoms with Gasteiger partial charge in [-0.1, -0.05) is 12.5 Å². The standard InChI is InChI=1S/C18H21N3O2/c19-12-14-4-2-6-17(14)21-18(22)13-3-1-5-16(11-13)23-15-7-9-20-10-8-15/h1,3,5,7-11,14,17H,2,4,6,12,19H2,(H,21,22). The highest BCUT2D eigenvalue weighted by atomic mass is 16.5. The third kappa shape index (κ3) is 3.87. The van der Waals surface area contributed by atoms with Gasteiger partial charge in [0.2, 0.25) is 0 Å². The molecule has 0 radical (unpaired) electrons. The first-order valence-corrected chi connectivity index (χ1v) is 7.95. The summed E-state index contributed by atoms with van der Waals surface area (Å²) >= 11 is 0. The Morgan fingerprint density at radius 1 is 1.22 bits per heavy atom. The smallest absolute Gasteiger partial charge is 0.251 e. The van der Waals surface area contributed by atoms with Crippen molar-refractivity contribution in [1.29, 1.82) is 0 Å². The molecular formula is C18H21N3O2. The van der Waals surface area contributed by atoms with Crippen LogP contribution in [0.2, 0.25) is 0 Å². The zero-order chi connectivity index (χ0) is 16.1. The second-order valence-corrected chi connectivity index (χ2v) is 5.82. The van der Waals surface area contributed by atoms with Crippen LogP contribution in [0.4, 0.5) is 0 Å². The van der Waals surface area contributed by atoms with Crippen LogP contribution in [-0.2, 0) is 0 Å². The summed E-state index contributed by atoms with van der Waals surface area (Å²) in [5.41, 5.74) is 6.37. The van der Waals surface area contributed by atoms with Crippen LogP contribution in [0.25, 0.3) is 0 Å². The third-order valence-electron chi connectivity index (χ3n) is 4.26. The van der Waals surface area contributed by atoms with Crippen molar-refractivity contribution in [3.63, 3.8) is 0 Å². The molecule has 1 aliphatic rings. The van der Waals surface area contributed by atoms with Gasteiger partial charge in [-0.05, 0) is 55.6 Å². The van der Waals surface area contributed by atoms with Crippen molar-refractivity contribution in [3.05, 3.63) is 54.4 Å². The van der Waals surface area contributed by atoms with Crippen LogP contribution in [0.5, 0.6) is 11.5 Å². The molecule has 1 aromatic carbocycles. The molecule has 0 bridgehead atoms. The van der Waals surface area contributed by atoms with E-state index in [4.69, 9.17) is 10.5 Å². The van der Waals surface area contributed by atoms with Gasteiger partial charge in [0, 0.05) is 24.0 Å². The van der Waals surface area contributed by atoms with E-state index in [-0.39, 0.29) is 11.9 Å². The number of aromatic nitrogens is 1. The molecule has 1 fully saturated rings. The van der Waals surface area contributed by atoms with E-state index in [2.05, 4.69) is 10.3 Å². The molecule has 0 saturated heterocycles. The van der Waals surface area contributed by atoms with Crippen molar-refractivity contribution in [3.8, 4) is 11.5 Å². The van der Waals surface area contributed by atoms with E-state index in [0.29, 0.717) is 29.5 Å². The lowest BCUT2D eigenvalue weighted by atomic mass is 10.0. The molecule has 1 heterocycles. The summed E-state index contributed by atoms with van der Waals surface area (Å²) < 4.78 is 5.74. The zero-order valence-corrected chi connectivity index (χ0v) is 12.9. The maximum Gasteiger partial charge on any atom is 0.251 e. The quantitative estimate of drug-likeness (QED) is 0.890. The van der Waals surface area contributed by atoms with Crippen LogP contribution in [-0.4, -0.2) is 23.5 Å². The van der Waals surface area contributed by atoms with Gasteiger partial charge in [0.25, 0.3) is 5.91 Å². The highest BCUT2D eigenvalue weighted by Crippen LogP contribution is 2.25. The monoisotopic (exact) mass is 311 g/mol. The Bertz CT molecular complexity index is 660. The number of ether oxygens (including phenoxy) is 1. The van der Waals surface area contributed by atoms with Crippen LogP contribution in [0, 0.1) is 5.92 Å². The second kappa shape index (κ2) is 7.24. The molecule has 3 rings (SSSR count). The van der Waals surface area contributed by atoms with E-state index in [1.807, 2.05) is 12.1 Å². The summed E-state index contributed by atoms with van der Waals surface area (Å²) in [4.78, 5) is 16.4. The molecule has 5 heteroatoms. The first-order valence-electron chi connectivity index (χ1n) is 7.95. The second-order valence-electron chi connectivity index (χ2n) is 5.82. The van der Waals surface area contributed by atoms with E-state index in [1.54, 1.807) is 36.7 Å². The number of nitrogens with two attached hydrogens (primary N) is 1. The first kappa shape index (κ1) is 15.5. The minimum Gasteiger partial charge on any atom is -0.457 e. The lowest BCUT2D eigenvalue weighted by Gasteiger charge is -2.19. The Labute approximate surface area is 135 Å². The van der Waals surface area contributed by atoms with Gasteiger partial charge in [0.15, 0.2) is 0 Å². The van der Waals surface area contributed by atoms with Gasteiger partial charge in [-0.2, -0.15) is 0 Å². The van der Waals surface area contributed by atoms with Gasteiger partial charge >= 0.3 is 0 Å². The number of carbonyl (C=O) groups excluding carboxylic acids is 1. The molecule has 2 unspecified atom stereocenters. The fourth-order valence-electron chi connectivity index (χ4n) is 3.00. The van der Waals surface area contributed by atoms with Gasteiger partial charge in [0.1, 0.15) is 11.5 Å². The Kier molecular flexibility index (Phi) is 4.88. The van der Waals surface area contributed by atoms with Gasteiger partial charge in [-0.3, -0.25) is 9.78 Å². The molecule has 2 aromatic rings. The predicted octanol–water partition coefficient (Wildman–Crippen LogP) is 2.73. The minimum absolute atomic E-state index is 0.0736. The Hall–Kier alpha value is -2.40. The van der Waals surface area contributed by atoms with Crippen LogP contribution >= 0.6 is 0 Å². The number of hydrogen-bond acceptors (Lipinski definition) is 4. The number of benzene rings is 1. The minimum atomic E-state index is -0.0736. The van der Waals surface area contributed by atoms with Crippen molar-refractivity contribution in [1.82, 2.24) is 10.3 Å². The third-order valence-corrected chi connectivity index (χ3v) is 4.26. The van der Waals surface area contributed by atoms with Crippen molar-refractivity contribution in [2.45, 2.75) is 25.3 Å². The molecule has 23 heavy (non-hydrogen) atoms. The number of hydrogen-bond donors (Lipinski definition) is 2. The maximum atomic E-state index is 12.4. The summed E-state index contributed by atoms with van der Waals surface area (Å²) in [7, 11) is 0. The van der Waals surface area contributed by atoms with Gasteiger partial charge in [0.05, 0.1) is 0 Å². The van der Waals surface area contributed by atoms with Crippen LogP contribution in [0.3, 0.4) is 0 Å². The molecular weight excluding hydrogens is 290 g/mol. The molecule has 5 nitrogen and oxygen atoms in total. The van der Waals surface area contributed by atoms with E-state index < -0.39 is 0 Å². The largest absolute Gasteiger partial charge is 0.457 e. The van der Waals surface area contributed by atoms with E-state index in [1.165, 1.54) is 0 Å². The summed E-state index contributed by atoms with van der Waals surface area (Å²) in [6.07, 6.45) is 6.54. The van der Waals surface area contributed by atoms with Crippen molar-refractivity contribution >= 4 is 5.91 Å². The normalized spacial score (nSPS) is 20.2. The van der Waals surface area contributed by atoms with Gasteiger partial charge < -0.3 is 15.8 Å². The highest BCUT2D eigenvalue weighted by molar-refractivity contribution is 5.94. The van der Waals surface area contributed by atoms with Crippen molar-refractivity contribution in [2.24, 2.45) is 11.7 Å². The molecule has 1 aromatic heterocycles. The molecule has 1 saturated carbocycles. The Morgan fingerprint density at radius 2 is 2.04 bits per heavy atom. The fourth-order valence-corrected chi connectivity index (χ4v) is 3.00. The summed E-state index contributed by atoms with van der Waals surface area (Å²) in [6.45, 7) is 0.621. The van der Waals surface area contributed by atoms with Gasteiger partial charge in [-0.25, -0.2) is 0 Å². The number of amides is 1. The molecule has 2 atom stereocenters. The van der Waals surface area contributed by atoms with Crippen molar-refractivity contribution < 1.29 is 9.53 Å². The first-order chi connectivity index (χ1) is 11.3. The number of carbonyl (C=O) groups is 1. The predicted molar refractivity (Wildman–Crippen MR) is 88.4 cm³/mol. The summed E-state index contributed by atoms with van der Waals surface area (Å²) in [5, 5.41) is 3.10. The maximum absolute atomic E-state index is 12.4. The molecule has 0 aliphatic heterocycles. The summed E-state index contributed by atoms with van der Waals surface area (Å²) in [6, 6.07) is 10.9. The lowest BCUT2D eigenvalue weighted by molar-refractivity contribution is 0.0928. The summed E-state index contributed by atoms with van der Waals surface area (Å²) in [5.74, 6) is 1.63. The van der Waals surface area contributed by atoms with E-state index >= 15 is 0 Å². The van der Waals surface area contributed by atoms with Crippen LogP contribution < -0.4 is 15.8 Å². The average Bonchev–Trinajstić information content (AvgIpc) is 3.03. The molecule has 120 valence electrons. The molecule has 0 spiro atoms. The van der Waals surface area contributed by atoms with Crippen LogP contribution in [0.1, 0.15) is 29.6 Å². The number of nitrogens with zero attached hydrogens (tertiary/aromatic N) is 1. The average molecular weight is 311 g/mol. The lowest BCUT2D eigenvalue weighted by Crippen LogP contribution is -2.39.